The number of piperazine rings is 1. The first-order valence-electron chi connectivity index (χ1n) is 8.27. The van der Waals surface area contributed by atoms with Crippen molar-refractivity contribution in [1.29, 1.82) is 0 Å². The number of amides is 1. The van der Waals surface area contributed by atoms with Crippen molar-refractivity contribution in [3.8, 4) is 0 Å². The van der Waals surface area contributed by atoms with Gasteiger partial charge in [0.1, 0.15) is 11.3 Å². The van der Waals surface area contributed by atoms with Crippen LogP contribution in [0.5, 0.6) is 0 Å². The van der Waals surface area contributed by atoms with Crippen molar-refractivity contribution >= 4 is 16.9 Å². The van der Waals surface area contributed by atoms with Gasteiger partial charge in [-0.05, 0) is 38.1 Å². The zero-order chi connectivity index (χ0) is 16.2. The summed E-state index contributed by atoms with van der Waals surface area (Å²) in [4.78, 5) is 17.0. The lowest BCUT2D eigenvalue weighted by atomic mass is 10.1. The second kappa shape index (κ2) is 7.15. The molecule has 0 atom stereocenters. The van der Waals surface area contributed by atoms with Crippen molar-refractivity contribution in [2.45, 2.75) is 13.8 Å². The van der Waals surface area contributed by atoms with Gasteiger partial charge in [-0.2, -0.15) is 0 Å². The summed E-state index contributed by atoms with van der Waals surface area (Å²) in [7, 11) is 0. The fourth-order valence-electron chi connectivity index (χ4n) is 3.00. The van der Waals surface area contributed by atoms with Crippen molar-refractivity contribution in [2.24, 2.45) is 0 Å². The fraction of sp³-hybridized carbons (Fsp3) is 0.500. The van der Waals surface area contributed by atoms with E-state index in [0.717, 1.165) is 68.2 Å². The normalized spacial score (nSPS) is 16.2. The lowest BCUT2D eigenvalue weighted by molar-refractivity contribution is 0.0565. The highest BCUT2D eigenvalue weighted by Crippen LogP contribution is 2.21. The Bertz CT molecular complexity index is 672. The Morgan fingerprint density at radius 1 is 1.22 bits per heavy atom. The van der Waals surface area contributed by atoms with Crippen molar-refractivity contribution < 1.29 is 13.9 Å². The minimum Gasteiger partial charge on any atom is -0.461 e. The zero-order valence-electron chi connectivity index (χ0n) is 13.9. The number of fused-ring (bicyclic) bond motifs is 1. The smallest absolute Gasteiger partial charge is 0.253 e. The van der Waals surface area contributed by atoms with Gasteiger partial charge >= 0.3 is 0 Å². The van der Waals surface area contributed by atoms with E-state index in [9.17, 15) is 4.79 Å². The van der Waals surface area contributed by atoms with Gasteiger partial charge in [0.2, 0.25) is 0 Å². The summed E-state index contributed by atoms with van der Waals surface area (Å²) in [6.45, 7) is 9.75. The average molecular weight is 316 g/mol. The zero-order valence-corrected chi connectivity index (χ0v) is 13.9. The largest absolute Gasteiger partial charge is 0.461 e. The topological polar surface area (TPSA) is 45.9 Å². The van der Waals surface area contributed by atoms with Crippen molar-refractivity contribution in [3.05, 3.63) is 35.6 Å². The molecule has 2 aromatic rings. The number of hydrogen-bond donors (Lipinski definition) is 0. The highest BCUT2D eigenvalue weighted by atomic mass is 16.5. The van der Waals surface area contributed by atoms with E-state index in [2.05, 4.69) is 4.90 Å². The van der Waals surface area contributed by atoms with E-state index in [1.807, 2.05) is 43.0 Å². The molecule has 23 heavy (non-hydrogen) atoms. The second-order valence-electron chi connectivity index (χ2n) is 5.94. The number of nitrogens with zero attached hydrogens (tertiary/aromatic N) is 2. The van der Waals surface area contributed by atoms with Crippen LogP contribution in [0.25, 0.3) is 11.0 Å². The van der Waals surface area contributed by atoms with E-state index in [-0.39, 0.29) is 5.91 Å². The summed E-state index contributed by atoms with van der Waals surface area (Å²) >= 11 is 0. The molecule has 0 saturated carbocycles. The van der Waals surface area contributed by atoms with Gasteiger partial charge in [0, 0.05) is 50.3 Å². The fourth-order valence-corrected chi connectivity index (χ4v) is 3.00. The predicted octanol–water partition coefficient (Wildman–Crippen LogP) is 2.54. The number of rotatable bonds is 5. The molecule has 1 amide bonds. The first-order chi connectivity index (χ1) is 11.2. The van der Waals surface area contributed by atoms with Gasteiger partial charge in [0.15, 0.2) is 0 Å². The Hall–Kier alpha value is -1.85. The number of hydrogen-bond acceptors (Lipinski definition) is 4. The molecule has 0 N–H and O–H groups in total. The van der Waals surface area contributed by atoms with Crippen LogP contribution in [-0.2, 0) is 4.74 Å². The minimum atomic E-state index is 0.107. The number of furan rings is 1. The maximum Gasteiger partial charge on any atom is 0.253 e. The van der Waals surface area contributed by atoms with Crippen LogP contribution in [0.4, 0.5) is 0 Å². The number of carbonyl (C=O) groups is 1. The maximum atomic E-state index is 12.7. The molecule has 3 rings (SSSR count). The van der Waals surface area contributed by atoms with Crippen LogP contribution >= 0.6 is 0 Å². The molecule has 0 unspecified atom stereocenters. The summed E-state index contributed by atoms with van der Waals surface area (Å²) in [5, 5.41) is 0.990. The Kier molecular flexibility index (Phi) is 4.98. The number of benzene rings is 1. The molecular formula is C18H24N2O3. The standard InChI is InChI=1S/C18H24N2O3/c1-3-22-11-10-19-6-8-20(9-7-19)18(21)15-4-5-17-16(13-15)12-14(2)23-17/h4-5,12-13H,3,6-11H2,1-2H3. The Labute approximate surface area is 136 Å². The number of ether oxygens (including phenoxy) is 1. The third-order valence-corrected chi connectivity index (χ3v) is 4.30. The molecule has 1 aromatic carbocycles. The molecule has 0 spiro atoms. The molecular weight excluding hydrogens is 292 g/mol. The lowest BCUT2D eigenvalue weighted by Crippen LogP contribution is -2.49. The van der Waals surface area contributed by atoms with Crippen LogP contribution in [-0.4, -0.2) is 61.6 Å². The number of aryl methyl sites for hydroxylation is 1. The lowest BCUT2D eigenvalue weighted by Gasteiger charge is -2.34. The van der Waals surface area contributed by atoms with Gasteiger partial charge in [0.05, 0.1) is 6.61 Å². The van der Waals surface area contributed by atoms with E-state index in [1.54, 1.807) is 0 Å². The van der Waals surface area contributed by atoms with Crippen LogP contribution in [0, 0.1) is 6.92 Å². The molecule has 1 aliphatic rings. The van der Waals surface area contributed by atoms with Gasteiger partial charge < -0.3 is 14.1 Å². The van der Waals surface area contributed by atoms with Gasteiger partial charge in [-0.1, -0.05) is 0 Å². The van der Waals surface area contributed by atoms with E-state index in [1.165, 1.54) is 0 Å². The third kappa shape index (κ3) is 3.74. The molecule has 2 heterocycles. The second-order valence-corrected chi connectivity index (χ2v) is 5.94. The molecule has 1 aromatic heterocycles. The molecule has 0 radical (unpaired) electrons. The van der Waals surface area contributed by atoms with E-state index in [4.69, 9.17) is 9.15 Å². The van der Waals surface area contributed by atoms with E-state index < -0.39 is 0 Å². The average Bonchev–Trinajstić information content (AvgIpc) is 2.94. The molecule has 0 aliphatic carbocycles. The SMILES string of the molecule is CCOCCN1CCN(C(=O)c2ccc3oc(C)cc3c2)CC1. The van der Waals surface area contributed by atoms with Crippen molar-refractivity contribution in [2.75, 3.05) is 45.9 Å². The van der Waals surface area contributed by atoms with Crippen LogP contribution in [0.1, 0.15) is 23.0 Å². The quantitative estimate of drug-likeness (QED) is 0.795. The van der Waals surface area contributed by atoms with Gasteiger partial charge in [0.25, 0.3) is 5.91 Å². The van der Waals surface area contributed by atoms with Gasteiger partial charge in [-0.3, -0.25) is 9.69 Å². The summed E-state index contributed by atoms with van der Waals surface area (Å²) in [5.74, 6) is 0.975. The van der Waals surface area contributed by atoms with Gasteiger partial charge in [-0.15, -0.1) is 0 Å². The highest BCUT2D eigenvalue weighted by Gasteiger charge is 2.22. The first kappa shape index (κ1) is 16.0. The van der Waals surface area contributed by atoms with Crippen molar-refractivity contribution in [3.63, 3.8) is 0 Å². The molecule has 1 fully saturated rings. The van der Waals surface area contributed by atoms with Crippen LogP contribution in [0.15, 0.2) is 28.7 Å². The summed E-state index contributed by atoms with van der Waals surface area (Å²) in [5.41, 5.74) is 1.57. The van der Waals surface area contributed by atoms with Crippen LogP contribution in [0.3, 0.4) is 0 Å². The summed E-state index contributed by atoms with van der Waals surface area (Å²) < 4.78 is 11.0. The molecule has 5 heteroatoms. The summed E-state index contributed by atoms with van der Waals surface area (Å²) in [6.07, 6.45) is 0. The Morgan fingerprint density at radius 2 is 2.00 bits per heavy atom. The predicted molar refractivity (Wildman–Crippen MR) is 89.8 cm³/mol. The van der Waals surface area contributed by atoms with E-state index >= 15 is 0 Å². The molecule has 5 nitrogen and oxygen atoms in total. The van der Waals surface area contributed by atoms with E-state index in [0.29, 0.717) is 0 Å². The van der Waals surface area contributed by atoms with Crippen molar-refractivity contribution in [1.82, 2.24) is 9.80 Å². The molecule has 1 saturated heterocycles. The van der Waals surface area contributed by atoms with Crippen LogP contribution < -0.4 is 0 Å². The Morgan fingerprint density at radius 3 is 2.74 bits per heavy atom. The molecule has 1 aliphatic heterocycles. The first-order valence-corrected chi connectivity index (χ1v) is 8.27. The maximum absolute atomic E-state index is 12.7. The highest BCUT2D eigenvalue weighted by molar-refractivity contribution is 5.97. The molecule has 124 valence electrons. The number of carbonyl (C=O) groups excluding carboxylic acids is 1. The summed E-state index contributed by atoms with van der Waals surface area (Å²) in [6, 6.07) is 7.64. The minimum absolute atomic E-state index is 0.107. The van der Waals surface area contributed by atoms with Gasteiger partial charge in [-0.25, -0.2) is 0 Å². The third-order valence-electron chi connectivity index (χ3n) is 4.30. The van der Waals surface area contributed by atoms with Crippen LogP contribution in [0.2, 0.25) is 0 Å². The monoisotopic (exact) mass is 316 g/mol. The molecule has 0 bridgehead atoms. The Balaban J connectivity index is 1.59.